The van der Waals surface area contributed by atoms with E-state index in [1.807, 2.05) is 0 Å². The van der Waals surface area contributed by atoms with Gasteiger partial charge in [-0.3, -0.25) is 9.69 Å². The number of aliphatic hydroxyl groups excluding tert-OH is 2. The summed E-state index contributed by atoms with van der Waals surface area (Å²) in [7, 11) is 0. The van der Waals surface area contributed by atoms with Crippen LogP contribution in [0.1, 0.15) is 24.5 Å². The van der Waals surface area contributed by atoms with Crippen molar-refractivity contribution in [3.63, 3.8) is 0 Å². The van der Waals surface area contributed by atoms with Crippen molar-refractivity contribution in [2.45, 2.75) is 38.2 Å². The highest BCUT2D eigenvalue weighted by molar-refractivity contribution is 5.80. The summed E-state index contributed by atoms with van der Waals surface area (Å²) in [6.07, 6.45) is -3.61. The number of nitrogens with zero attached hydrogens (tertiary/aromatic N) is 4. The molecule has 0 spiro atoms. The zero-order valence-electron chi connectivity index (χ0n) is 19.7. The smallest absolute Gasteiger partial charge is 0.394 e. The standard InChI is InChI=1S/C23H30F4N6O3/c1-2-32(10-14-3-5-16(6-4-14)23(25,26)27)22-19(24)21(30-13-31-22)29-9-15-7-8-33(11-18(15)35)17(12-34)20(28)36/h3-6,13,15,17-18,34-35H,2,7-12H2,1H3,(H2,28,36)(H,29,30,31)/t15-,17?,18+/m1/s1. The Morgan fingerprint density at radius 2 is 2.00 bits per heavy atom. The van der Waals surface area contributed by atoms with Crippen LogP contribution in [0.4, 0.5) is 29.2 Å². The Kier molecular flexibility index (Phi) is 9.03. The first-order valence-corrected chi connectivity index (χ1v) is 11.5. The molecule has 1 aliphatic heterocycles. The largest absolute Gasteiger partial charge is 0.416 e. The van der Waals surface area contributed by atoms with Crippen LogP contribution in [0.25, 0.3) is 0 Å². The van der Waals surface area contributed by atoms with Gasteiger partial charge in [0, 0.05) is 32.1 Å². The van der Waals surface area contributed by atoms with Gasteiger partial charge in [0.1, 0.15) is 12.4 Å². The maximum Gasteiger partial charge on any atom is 0.416 e. The number of benzene rings is 1. The molecule has 9 nitrogen and oxygen atoms in total. The molecule has 0 radical (unpaired) electrons. The molecule has 2 heterocycles. The second-order valence-electron chi connectivity index (χ2n) is 8.66. The number of β-amino-alcohol motifs (C(OH)–C–C–N with tert-alkyl or cyclic N) is 1. The van der Waals surface area contributed by atoms with Crippen molar-refractivity contribution in [2.75, 3.05) is 43.0 Å². The van der Waals surface area contributed by atoms with Crippen LogP contribution in [-0.2, 0) is 17.5 Å². The molecule has 36 heavy (non-hydrogen) atoms. The molecule has 1 saturated heterocycles. The Balaban J connectivity index is 1.64. The normalized spacial score (nSPS) is 19.6. The van der Waals surface area contributed by atoms with Crippen molar-refractivity contribution in [1.29, 1.82) is 0 Å². The van der Waals surface area contributed by atoms with Crippen molar-refractivity contribution < 1.29 is 32.6 Å². The number of hydrogen-bond acceptors (Lipinski definition) is 8. The summed E-state index contributed by atoms with van der Waals surface area (Å²) >= 11 is 0. The lowest BCUT2D eigenvalue weighted by atomic mass is 9.92. The number of piperidine rings is 1. The number of halogens is 4. The molecule has 0 bridgehead atoms. The van der Waals surface area contributed by atoms with E-state index in [4.69, 9.17) is 5.73 Å². The van der Waals surface area contributed by atoms with Crippen LogP contribution in [0, 0.1) is 11.7 Å². The monoisotopic (exact) mass is 514 g/mol. The Bertz CT molecular complexity index is 1020. The maximum atomic E-state index is 15.3. The van der Waals surface area contributed by atoms with Gasteiger partial charge in [0.25, 0.3) is 0 Å². The van der Waals surface area contributed by atoms with E-state index in [1.165, 1.54) is 18.5 Å². The molecule has 1 amide bonds. The van der Waals surface area contributed by atoms with Gasteiger partial charge in [-0.15, -0.1) is 0 Å². The number of nitrogens with two attached hydrogens (primary N) is 1. The van der Waals surface area contributed by atoms with Crippen molar-refractivity contribution in [1.82, 2.24) is 14.9 Å². The minimum absolute atomic E-state index is 0.00230. The lowest BCUT2D eigenvalue weighted by Gasteiger charge is -2.38. The predicted octanol–water partition coefficient (Wildman–Crippen LogP) is 1.60. The van der Waals surface area contributed by atoms with Crippen molar-refractivity contribution in [2.24, 2.45) is 11.7 Å². The number of primary amides is 1. The number of aliphatic hydroxyl groups is 2. The quantitative estimate of drug-likeness (QED) is 0.352. The molecule has 0 aliphatic carbocycles. The lowest BCUT2D eigenvalue weighted by molar-refractivity contribution is -0.137. The highest BCUT2D eigenvalue weighted by Crippen LogP contribution is 2.30. The highest BCUT2D eigenvalue weighted by atomic mass is 19.4. The third kappa shape index (κ3) is 6.59. The number of nitrogens with one attached hydrogen (secondary N) is 1. The van der Waals surface area contributed by atoms with Crippen molar-refractivity contribution in [3.05, 3.63) is 47.5 Å². The van der Waals surface area contributed by atoms with E-state index in [0.717, 1.165) is 12.1 Å². The molecule has 198 valence electrons. The third-order valence-electron chi connectivity index (χ3n) is 6.33. The first-order chi connectivity index (χ1) is 17.0. The molecule has 1 unspecified atom stereocenters. The summed E-state index contributed by atoms with van der Waals surface area (Å²) in [5.41, 5.74) is 5.09. The van der Waals surface area contributed by atoms with Crippen LogP contribution in [0.3, 0.4) is 0 Å². The fraction of sp³-hybridized carbons (Fsp3) is 0.522. The van der Waals surface area contributed by atoms with E-state index < -0.39 is 42.2 Å². The van der Waals surface area contributed by atoms with Gasteiger partial charge in [0.05, 0.1) is 18.3 Å². The van der Waals surface area contributed by atoms with E-state index in [1.54, 1.807) is 16.7 Å². The van der Waals surface area contributed by atoms with E-state index in [-0.39, 0.29) is 37.2 Å². The van der Waals surface area contributed by atoms with Gasteiger partial charge in [0.2, 0.25) is 11.7 Å². The number of amides is 1. The first kappa shape index (κ1) is 27.6. The summed E-state index contributed by atoms with van der Waals surface area (Å²) in [4.78, 5) is 22.6. The first-order valence-electron chi connectivity index (χ1n) is 11.5. The minimum atomic E-state index is -4.44. The molecule has 13 heteroatoms. The summed E-state index contributed by atoms with van der Waals surface area (Å²) in [6, 6.07) is 3.78. The van der Waals surface area contributed by atoms with E-state index in [9.17, 15) is 28.2 Å². The number of carbonyl (C=O) groups is 1. The maximum absolute atomic E-state index is 15.3. The average molecular weight is 515 g/mol. The van der Waals surface area contributed by atoms with Gasteiger partial charge in [0.15, 0.2) is 11.6 Å². The zero-order chi connectivity index (χ0) is 26.5. The molecular formula is C23H30F4N6O3. The number of carbonyl (C=O) groups excluding carboxylic acids is 1. The number of anilines is 2. The predicted molar refractivity (Wildman–Crippen MR) is 124 cm³/mol. The van der Waals surface area contributed by atoms with Gasteiger partial charge in [-0.05, 0) is 37.6 Å². The molecule has 1 aromatic carbocycles. The average Bonchev–Trinajstić information content (AvgIpc) is 2.83. The number of aromatic nitrogens is 2. The molecule has 1 aromatic heterocycles. The fourth-order valence-corrected chi connectivity index (χ4v) is 4.20. The zero-order valence-corrected chi connectivity index (χ0v) is 19.7. The number of likely N-dealkylation sites (tertiary alicyclic amines) is 1. The Hall–Kier alpha value is -3.03. The fourth-order valence-electron chi connectivity index (χ4n) is 4.20. The number of hydrogen-bond donors (Lipinski definition) is 4. The molecule has 0 saturated carbocycles. The second-order valence-corrected chi connectivity index (χ2v) is 8.66. The summed E-state index contributed by atoms with van der Waals surface area (Å²) in [5, 5.41) is 22.8. The summed E-state index contributed by atoms with van der Waals surface area (Å²) < 4.78 is 53.7. The Morgan fingerprint density at radius 1 is 1.31 bits per heavy atom. The van der Waals surface area contributed by atoms with Crippen LogP contribution in [0.5, 0.6) is 0 Å². The van der Waals surface area contributed by atoms with Crippen LogP contribution < -0.4 is 16.0 Å². The SMILES string of the molecule is CCN(Cc1ccc(C(F)(F)F)cc1)c1ncnc(NC[C@H]2CCN(C(CO)C(N)=O)C[C@@H]2O)c1F. The van der Waals surface area contributed by atoms with Gasteiger partial charge in [-0.1, -0.05) is 12.1 Å². The lowest BCUT2D eigenvalue weighted by Crippen LogP contribution is -2.55. The topological polar surface area (TPSA) is 128 Å². The molecule has 1 aliphatic rings. The number of rotatable bonds is 10. The molecule has 3 atom stereocenters. The Morgan fingerprint density at radius 3 is 2.56 bits per heavy atom. The number of alkyl halides is 3. The van der Waals surface area contributed by atoms with Crippen LogP contribution in [0.15, 0.2) is 30.6 Å². The second kappa shape index (κ2) is 11.8. The van der Waals surface area contributed by atoms with E-state index in [2.05, 4.69) is 15.3 Å². The van der Waals surface area contributed by atoms with Crippen molar-refractivity contribution in [3.8, 4) is 0 Å². The van der Waals surface area contributed by atoms with Gasteiger partial charge in [-0.2, -0.15) is 17.6 Å². The van der Waals surface area contributed by atoms with Crippen LogP contribution >= 0.6 is 0 Å². The third-order valence-corrected chi connectivity index (χ3v) is 6.33. The summed E-state index contributed by atoms with van der Waals surface area (Å²) in [6.45, 7) is 2.58. The summed E-state index contributed by atoms with van der Waals surface area (Å²) in [5.74, 6) is -1.72. The molecule has 3 rings (SSSR count). The molecule has 5 N–H and O–H groups in total. The van der Waals surface area contributed by atoms with Crippen molar-refractivity contribution >= 4 is 17.5 Å². The van der Waals surface area contributed by atoms with Crippen LogP contribution in [0.2, 0.25) is 0 Å². The minimum Gasteiger partial charge on any atom is -0.394 e. The van der Waals surface area contributed by atoms with Gasteiger partial charge in [-0.25, -0.2) is 9.97 Å². The highest BCUT2D eigenvalue weighted by Gasteiger charge is 2.33. The molecule has 1 fully saturated rings. The van der Waals surface area contributed by atoms with E-state index >= 15 is 4.39 Å². The van der Waals surface area contributed by atoms with Crippen LogP contribution in [-0.4, -0.2) is 75.9 Å². The molecule has 2 aromatic rings. The molecular weight excluding hydrogens is 484 g/mol. The van der Waals surface area contributed by atoms with E-state index in [0.29, 0.717) is 25.1 Å². The van der Waals surface area contributed by atoms with Gasteiger partial charge >= 0.3 is 6.18 Å². The van der Waals surface area contributed by atoms with Gasteiger partial charge < -0.3 is 26.2 Å². The Labute approximate surface area is 205 Å².